The Morgan fingerprint density at radius 3 is 2.91 bits per heavy atom. The number of nitrogens with zero attached hydrogens (tertiary/aromatic N) is 2. The van der Waals surface area contributed by atoms with Gasteiger partial charge in [0.15, 0.2) is 0 Å². The maximum absolute atomic E-state index is 11.4. The van der Waals surface area contributed by atoms with Crippen LogP contribution in [-0.2, 0) is 16.0 Å². The standard InChI is InChI=1S/C16H17N5O2/c1-9-8-17-16(21-15(9)18-10(2)22)19-12-4-5-13-11(7-12)3-6-14(23)20-13/h4-5,7-8H,3,6H2,1-2H3,(H,20,23)(H2,17,18,19,21,22). The average molecular weight is 311 g/mol. The lowest BCUT2D eigenvalue weighted by Gasteiger charge is -2.18. The van der Waals surface area contributed by atoms with Gasteiger partial charge in [-0.2, -0.15) is 4.98 Å². The first-order chi connectivity index (χ1) is 11.0. The Balaban J connectivity index is 1.82. The molecule has 1 aromatic heterocycles. The Morgan fingerprint density at radius 2 is 2.13 bits per heavy atom. The van der Waals surface area contributed by atoms with Crippen molar-refractivity contribution < 1.29 is 9.59 Å². The highest BCUT2D eigenvalue weighted by molar-refractivity contribution is 5.94. The maximum Gasteiger partial charge on any atom is 0.229 e. The first kappa shape index (κ1) is 15.0. The van der Waals surface area contributed by atoms with Crippen LogP contribution in [0.3, 0.4) is 0 Å². The highest BCUT2D eigenvalue weighted by Crippen LogP contribution is 2.27. The zero-order chi connectivity index (χ0) is 16.4. The molecule has 0 bridgehead atoms. The summed E-state index contributed by atoms with van der Waals surface area (Å²) in [7, 11) is 0. The van der Waals surface area contributed by atoms with Crippen molar-refractivity contribution in [3.8, 4) is 0 Å². The number of amides is 2. The van der Waals surface area contributed by atoms with Crippen LogP contribution in [0, 0.1) is 6.92 Å². The van der Waals surface area contributed by atoms with Crippen molar-refractivity contribution in [2.75, 3.05) is 16.0 Å². The van der Waals surface area contributed by atoms with Gasteiger partial charge < -0.3 is 16.0 Å². The number of carbonyl (C=O) groups excluding carboxylic acids is 2. The van der Waals surface area contributed by atoms with Gasteiger partial charge in [-0.25, -0.2) is 4.98 Å². The topological polar surface area (TPSA) is 96.0 Å². The molecule has 0 radical (unpaired) electrons. The number of nitrogens with one attached hydrogen (secondary N) is 3. The molecule has 1 aliphatic rings. The molecule has 3 N–H and O–H groups in total. The van der Waals surface area contributed by atoms with Gasteiger partial charge in [-0.3, -0.25) is 9.59 Å². The van der Waals surface area contributed by atoms with E-state index in [2.05, 4.69) is 25.9 Å². The van der Waals surface area contributed by atoms with Crippen LogP contribution in [0.15, 0.2) is 24.4 Å². The van der Waals surface area contributed by atoms with Gasteiger partial charge >= 0.3 is 0 Å². The molecule has 3 rings (SSSR count). The number of hydrogen-bond donors (Lipinski definition) is 3. The number of hydrogen-bond acceptors (Lipinski definition) is 5. The van der Waals surface area contributed by atoms with Crippen LogP contribution in [0.5, 0.6) is 0 Å². The molecule has 0 spiro atoms. The summed E-state index contributed by atoms with van der Waals surface area (Å²) in [6.45, 7) is 3.27. The number of aryl methyl sites for hydroxylation is 2. The van der Waals surface area contributed by atoms with Gasteiger partial charge in [0.1, 0.15) is 5.82 Å². The molecule has 1 aliphatic heterocycles. The molecule has 0 fully saturated rings. The summed E-state index contributed by atoms with van der Waals surface area (Å²) in [5, 5.41) is 8.64. The van der Waals surface area contributed by atoms with Gasteiger partial charge in [0.25, 0.3) is 0 Å². The van der Waals surface area contributed by atoms with Crippen LogP contribution in [-0.4, -0.2) is 21.8 Å². The van der Waals surface area contributed by atoms with Gasteiger partial charge in [0.05, 0.1) is 0 Å². The van der Waals surface area contributed by atoms with Gasteiger partial charge in [-0.1, -0.05) is 0 Å². The molecule has 7 heteroatoms. The number of aromatic nitrogens is 2. The Kier molecular flexibility index (Phi) is 3.92. The van der Waals surface area contributed by atoms with Gasteiger partial charge in [0.2, 0.25) is 17.8 Å². The van der Waals surface area contributed by atoms with Crippen molar-refractivity contribution in [2.45, 2.75) is 26.7 Å². The molecule has 118 valence electrons. The lowest BCUT2D eigenvalue weighted by atomic mass is 10.0. The fourth-order valence-electron chi connectivity index (χ4n) is 2.39. The normalized spacial score (nSPS) is 13.0. The second-order valence-corrected chi connectivity index (χ2v) is 5.45. The van der Waals surface area contributed by atoms with Crippen LogP contribution in [0.25, 0.3) is 0 Å². The van der Waals surface area contributed by atoms with Crippen molar-refractivity contribution in [1.82, 2.24) is 9.97 Å². The van der Waals surface area contributed by atoms with E-state index < -0.39 is 0 Å². The Labute approximate surface area is 133 Å². The molecule has 2 amide bonds. The van der Waals surface area contributed by atoms with E-state index in [1.165, 1.54) is 6.92 Å². The predicted octanol–water partition coefficient (Wildman–Crippen LogP) is 2.37. The number of fused-ring (bicyclic) bond motifs is 1. The molecule has 2 aromatic rings. The molecule has 0 atom stereocenters. The fourth-order valence-corrected chi connectivity index (χ4v) is 2.39. The van der Waals surface area contributed by atoms with E-state index in [0.717, 1.165) is 22.5 Å². The SMILES string of the molecule is CC(=O)Nc1nc(Nc2ccc3c(c2)CCC(=O)N3)ncc1C. The summed E-state index contributed by atoms with van der Waals surface area (Å²) in [5.41, 5.74) is 3.54. The van der Waals surface area contributed by atoms with E-state index in [0.29, 0.717) is 24.6 Å². The lowest BCUT2D eigenvalue weighted by molar-refractivity contribution is -0.116. The first-order valence-electron chi connectivity index (χ1n) is 7.32. The van der Waals surface area contributed by atoms with Crippen molar-refractivity contribution in [3.05, 3.63) is 35.5 Å². The zero-order valence-corrected chi connectivity index (χ0v) is 12.9. The third-order valence-electron chi connectivity index (χ3n) is 3.52. The maximum atomic E-state index is 11.4. The molecular formula is C16H17N5O2. The van der Waals surface area contributed by atoms with E-state index in [1.807, 2.05) is 25.1 Å². The third kappa shape index (κ3) is 3.45. The molecule has 0 aliphatic carbocycles. The van der Waals surface area contributed by atoms with E-state index in [1.54, 1.807) is 6.20 Å². The predicted molar refractivity (Wildman–Crippen MR) is 87.7 cm³/mol. The van der Waals surface area contributed by atoms with Crippen LogP contribution in [0.1, 0.15) is 24.5 Å². The monoisotopic (exact) mass is 311 g/mol. The van der Waals surface area contributed by atoms with Crippen molar-refractivity contribution in [1.29, 1.82) is 0 Å². The second kappa shape index (κ2) is 6.04. The quantitative estimate of drug-likeness (QED) is 0.808. The largest absolute Gasteiger partial charge is 0.326 e. The Hall–Kier alpha value is -2.96. The van der Waals surface area contributed by atoms with E-state index in [4.69, 9.17) is 0 Å². The molecule has 2 heterocycles. The number of benzene rings is 1. The van der Waals surface area contributed by atoms with Gasteiger partial charge in [-0.05, 0) is 37.1 Å². The van der Waals surface area contributed by atoms with Gasteiger partial charge in [0, 0.05) is 36.5 Å². The zero-order valence-electron chi connectivity index (χ0n) is 12.9. The minimum Gasteiger partial charge on any atom is -0.326 e. The van der Waals surface area contributed by atoms with Crippen molar-refractivity contribution in [3.63, 3.8) is 0 Å². The van der Waals surface area contributed by atoms with Crippen LogP contribution in [0.4, 0.5) is 23.1 Å². The molecule has 7 nitrogen and oxygen atoms in total. The van der Waals surface area contributed by atoms with Crippen LogP contribution < -0.4 is 16.0 Å². The second-order valence-electron chi connectivity index (χ2n) is 5.45. The van der Waals surface area contributed by atoms with E-state index in [9.17, 15) is 9.59 Å². The van der Waals surface area contributed by atoms with E-state index >= 15 is 0 Å². The summed E-state index contributed by atoms with van der Waals surface area (Å²) < 4.78 is 0. The molecule has 1 aromatic carbocycles. The van der Waals surface area contributed by atoms with Crippen molar-refractivity contribution in [2.24, 2.45) is 0 Å². The Bertz CT molecular complexity index is 788. The molecule has 23 heavy (non-hydrogen) atoms. The Morgan fingerprint density at radius 1 is 1.30 bits per heavy atom. The fraction of sp³-hybridized carbons (Fsp3) is 0.250. The van der Waals surface area contributed by atoms with E-state index in [-0.39, 0.29) is 11.8 Å². The summed E-state index contributed by atoms with van der Waals surface area (Å²) in [5.74, 6) is 0.752. The lowest BCUT2D eigenvalue weighted by Crippen LogP contribution is -2.18. The van der Waals surface area contributed by atoms with Crippen LogP contribution >= 0.6 is 0 Å². The molecule has 0 saturated carbocycles. The number of anilines is 4. The van der Waals surface area contributed by atoms with Crippen molar-refractivity contribution >= 4 is 35.0 Å². The smallest absolute Gasteiger partial charge is 0.229 e. The summed E-state index contributed by atoms with van der Waals surface area (Å²) in [6.07, 6.45) is 2.85. The van der Waals surface area contributed by atoms with Gasteiger partial charge in [-0.15, -0.1) is 0 Å². The first-order valence-corrected chi connectivity index (χ1v) is 7.32. The molecule has 0 saturated heterocycles. The van der Waals surface area contributed by atoms with Crippen LogP contribution in [0.2, 0.25) is 0 Å². The summed E-state index contributed by atoms with van der Waals surface area (Å²) >= 11 is 0. The summed E-state index contributed by atoms with van der Waals surface area (Å²) in [6, 6.07) is 5.68. The number of carbonyl (C=O) groups is 2. The minimum absolute atomic E-state index is 0.0417. The third-order valence-corrected chi connectivity index (χ3v) is 3.52. The highest BCUT2D eigenvalue weighted by atomic mass is 16.2. The number of rotatable bonds is 3. The summed E-state index contributed by atoms with van der Waals surface area (Å²) in [4.78, 5) is 31.1. The molecule has 0 unspecified atom stereocenters. The molecular weight excluding hydrogens is 294 g/mol. The minimum atomic E-state index is -0.178. The highest BCUT2D eigenvalue weighted by Gasteiger charge is 2.15. The average Bonchev–Trinajstić information content (AvgIpc) is 2.50.